The van der Waals surface area contributed by atoms with Crippen molar-refractivity contribution in [2.24, 2.45) is 0 Å². The number of furan rings is 1. The van der Waals surface area contributed by atoms with Gasteiger partial charge >= 0.3 is 5.97 Å². The van der Waals surface area contributed by atoms with Gasteiger partial charge < -0.3 is 9.52 Å². The summed E-state index contributed by atoms with van der Waals surface area (Å²) in [7, 11) is 0. The summed E-state index contributed by atoms with van der Waals surface area (Å²) in [6, 6.07) is 13.4. The maximum atomic E-state index is 13.3. The van der Waals surface area contributed by atoms with Crippen molar-refractivity contribution in [3.8, 4) is 11.5 Å². The molecule has 4 heterocycles. The molecular weight excluding hydrogens is 470 g/mol. The van der Waals surface area contributed by atoms with E-state index >= 15 is 0 Å². The van der Waals surface area contributed by atoms with Crippen molar-refractivity contribution in [2.75, 3.05) is 24.5 Å². The Hall–Kier alpha value is -3.01. The molecule has 0 saturated carbocycles. The average molecular weight is 496 g/mol. The largest absolute Gasteiger partial charge is 0.480 e. The third kappa shape index (κ3) is 4.26. The van der Waals surface area contributed by atoms with E-state index in [0.717, 1.165) is 23.9 Å². The van der Waals surface area contributed by atoms with E-state index in [1.165, 1.54) is 22.7 Å². The first kappa shape index (κ1) is 22.8. The number of anilines is 1. The van der Waals surface area contributed by atoms with Crippen LogP contribution in [0.3, 0.4) is 0 Å². The summed E-state index contributed by atoms with van der Waals surface area (Å²) in [5, 5.41) is 15.1. The van der Waals surface area contributed by atoms with Crippen LogP contribution in [0.1, 0.15) is 35.9 Å². The molecule has 176 valence electrons. The number of fused-ring (bicyclic) bond motifs is 1. The Labute approximate surface area is 205 Å². The van der Waals surface area contributed by atoms with Gasteiger partial charge in [-0.2, -0.15) is 0 Å². The molecule has 1 atom stereocenters. The molecule has 34 heavy (non-hydrogen) atoms. The van der Waals surface area contributed by atoms with Gasteiger partial charge in [-0.1, -0.05) is 24.3 Å². The molecule has 1 aliphatic heterocycles. The van der Waals surface area contributed by atoms with E-state index in [2.05, 4.69) is 0 Å². The minimum atomic E-state index is -0.835. The summed E-state index contributed by atoms with van der Waals surface area (Å²) in [6.45, 7) is 3.61. The van der Waals surface area contributed by atoms with Crippen molar-refractivity contribution in [1.82, 2.24) is 9.88 Å². The van der Waals surface area contributed by atoms with Crippen LogP contribution < -0.4 is 4.90 Å². The van der Waals surface area contributed by atoms with Gasteiger partial charge in [0.2, 0.25) is 0 Å². The number of benzene rings is 1. The first-order chi connectivity index (χ1) is 16.5. The molecule has 1 saturated heterocycles. The van der Waals surface area contributed by atoms with E-state index in [0.29, 0.717) is 47.4 Å². The van der Waals surface area contributed by atoms with Crippen LogP contribution in [-0.4, -0.2) is 52.0 Å². The van der Waals surface area contributed by atoms with E-state index in [4.69, 9.17) is 9.40 Å². The SMILES string of the molecule is CC1(C(=O)O)CCCN1CCCN(C(=O)c1cccs1)c1nc(-c2cc3ccccc3o2)cs1. The van der Waals surface area contributed by atoms with Gasteiger partial charge in [0, 0.05) is 23.9 Å². The van der Waals surface area contributed by atoms with Crippen molar-refractivity contribution >= 4 is 50.7 Å². The molecule has 1 fully saturated rings. The zero-order chi connectivity index (χ0) is 23.7. The zero-order valence-corrected chi connectivity index (χ0v) is 20.4. The minimum Gasteiger partial charge on any atom is -0.480 e. The first-order valence-electron chi connectivity index (χ1n) is 11.2. The van der Waals surface area contributed by atoms with Crippen LogP contribution in [0.15, 0.2) is 57.6 Å². The average Bonchev–Trinajstić information content (AvgIpc) is 3.63. The number of amides is 1. The molecule has 3 aromatic heterocycles. The number of likely N-dealkylation sites (tertiary alicyclic amines) is 1. The maximum Gasteiger partial charge on any atom is 0.323 e. The number of thiazole rings is 1. The van der Waals surface area contributed by atoms with Gasteiger partial charge in [-0.25, -0.2) is 4.98 Å². The highest BCUT2D eigenvalue weighted by atomic mass is 32.1. The van der Waals surface area contributed by atoms with E-state index in [1.807, 2.05) is 58.1 Å². The van der Waals surface area contributed by atoms with E-state index < -0.39 is 11.5 Å². The molecule has 9 heteroatoms. The first-order valence-corrected chi connectivity index (χ1v) is 13.0. The standard InChI is InChI=1S/C25H25N3O4S2/c1-25(23(30)31)10-5-11-27(25)12-6-13-28(22(29)21-9-4-14-33-21)24-26-18(16-34-24)20-15-17-7-2-3-8-19(17)32-20/h2-4,7-9,14-16H,5-6,10-13H2,1H3,(H,30,31). The Bertz CT molecular complexity index is 1280. The highest BCUT2D eigenvalue weighted by molar-refractivity contribution is 7.14. The van der Waals surface area contributed by atoms with E-state index in [9.17, 15) is 14.7 Å². The highest BCUT2D eigenvalue weighted by Gasteiger charge is 2.42. The Kier molecular flexibility index (Phi) is 6.24. The zero-order valence-electron chi connectivity index (χ0n) is 18.8. The second-order valence-electron chi connectivity index (χ2n) is 8.62. The fraction of sp³-hybridized carbons (Fsp3) is 0.320. The third-order valence-electron chi connectivity index (χ3n) is 6.44. The number of aliphatic carboxylic acids is 1. The molecule has 5 rings (SSSR count). The number of thiophene rings is 1. The number of hydrogen-bond donors (Lipinski definition) is 1. The van der Waals surface area contributed by atoms with E-state index in [1.54, 1.807) is 11.8 Å². The van der Waals surface area contributed by atoms with Gasteiger partial charge in [-0.05, 0) is 56.3 Å². The number of rotatable bonds is 8. The molecule has 0 spiro atoms. The lowest BCUT2D eigenvalue weighted by Gasteiger charge is -2.31. The Morgan fingerprint density at radius 3 is 2.85 bits per heavy atom. The lowest BCUT2D eigenvalue weighted by molar-refractivity contribution is -0.148. The summed E-state index contributed by atoms with van der Waals surface area (Å²) >= 11 is 2.81. The molecule has 1 aromatic carbocycles. The second-order valence-corrected chi connectivity index (χ2v) is 10.4. The number of para-hydroxylation sites is 1. The normalized spacial score (nSPS) is 18.5. The number of carbonyl (C=O) groups is 2. The lowest BCUT2D eigenvalue weighted by atomic mass is 9.99. The topological polar surface area (TPSA) is 86.9 Å². The van der Waals surface area contributed by atoms with Crippen LogP contribution in [-0.2, 0) is 4.79 Å². The number of aromatic nitrogens is 1. The predicted molar refractivity (Wildman–Crippen MR) is 135 cm³/mol. The molecule has 4 aromatic rings. The summed E-state index contributed by atoms with van der Waals surface area (Å²) in [6.07, 6.45) is 2.17. The molecule has 1 N–H and O–H groups in total. The monoisotopic (exact) mass is 495 g/mol. The van der Waals surface area contributed by atoms with Crippen molar-refractivity contribution in [3.05, 3.63) is 58.1 Å². The van der Waals surface area contributed by atoms with Gasteiger partial charge in [-0.3, -0.25) is 19.4 Å². The van der Waals surface area contributed by atoms with Crippen molar-refractivity contribution in [2.45, 2.75) is 31.7 Å². The van der Waals surface area contributed by atoms with Crippen LogP contribution in [0.4, 0.5) is 5.13 Å². The maximum absolute atomic E-state index is 13.3. The van der Waals surface area contributed by atoms with Crippen molar-refractivity contribution in [1.29, 1.82) is 0 Å². The second kappa shape index (κ2) is 9.32. The molecule has 0 bridgehead atoms. The fourth-order valence-electron chi connectivity index (χ4n) is 4.47. The van der Waals surface area contributed by atoms with Crippen LogP contribution in [0.5, 0.6) is 0 Å². The number of hydrogen-bond acceptors (Lipinski definition) is 7. The molecule has 0 radical (unpaired) electrons. The predicted octanol–water partition coefficient (Wildman–Crippen LogP) is 5.59. The van der Waals surface area contributed by atoms with Gasteiger partial charge in [0.05, 0.1) is 4.88 Å². The van der Waals surface area contributed by atoms with Crippen molar-refractivity contribution < 1.29 is 19.1 Å². The fourth-order valence-corrected chi connectivity index (χ4v) is 5.98. The molecule has 0 aliphatic carbocycles. The molecular formula is C25H25N3O4S2. The van der Waals surface area contributed by atoms with E-state index in [-0.39, 0.29) is 5.91 Å². The van der Waals surface area contributed by atoms with Crippen molar-refractivity contribution in [3.63, 3.8) is 0 Å². The number of nitrogens with zero attached hydrogens (tertiary/aromatic N) is 3. The van der Waals surface area contributed by atoms with Gasteiger partial charge in [0.1, 0.15) is 16.8 Å². The van der Waals surface area contributed by atoms with Crippen LogP contribution in [0.2, 0.25) is 0 Å². The molecule has 7 nitrogen and oxygen atoms in total. The summed E-state index contributed by atoms with van der Waals surface area (Å²) in [4.78, 5) is 34.2. The molecule has 1 aliphatic rings. The summed E-state index contributed by atoms with van der Waals surface area (Å²) in [5.74, 6) is -0.212. The van der Waals surface area contributed by atoms with Gasteiger partial charge in [0.15, 0.2) is 10.9 Å². The number of carboxylic acid groups (broad SMARTS) is 1. The Morgan fingerprint density at radius 1 is 1.24 bits per heavy atom. The summed E-state index contributed by atoms with van der Waals surface area (Å²) < 4.78 is 5.95. The van der Waals surface area contributed by atoms with Crippen LogP contribution >= 0.6 is 22.7 Å². The van der Waals surface area contributed by atoms with Gasteiger partial charge in [0.25, 0.3) is 5.91 Å². The Morgan fingerprint density at radius 2 is 2.09 bits per heavy atom. The highest BCUT2D eigenvalue weighted by Crippen LogP contribution is 2.33. The van der Waals surface area contributed by atoms with Crippen LogP contribution in [0.25, 0.3) is 22.4 Å². The summed E-state index contributed by atoms with van der Waals surface area (Å²) in [5.41, 5.74) is 0.655. The lowest BCUT2D eigenvalue weighted by Crippen LogP contribution is -2.48. The number of carbonyl (C=O) groups excluding carboxylic acids is 1. The smallest absolute Gasteiger partial charge is 0.323 e. The minimum absolute atomic E-state index is 0.0945. The molecule has 1 unspecified atom stereocenters. The third-order valence-corrected chi connectivity index (χ3v) is 8.16. The quantitative estimate of drug-likeness (QED) is 0.343. The van der Waals surface area contributed by atoms with Crippen LogP contribution in [0, 0.1) is 0 Å². The van der Waals surface area contributed by atoms with Gasteiger partial charge in [-0.15, -0.1) is 22.7 Å². The Balaban J connectivity index is 1.36. The number of carboxylic acids is 1. The molecule has 1 amide bonds.